The van der Waals surface area contributed by atoms with Crippen LogP contribution in [0.5, 0.6) is 0 Å². The highest BCUT2D eigenvalue weighted by atomic mass is 16.5. The van der Waals surface area contributed by atoms with E-state index in [4.69, 9.17) is 11.2 Å². The van der Waals surface area contributed by atoms with Crippen LogP contribution in [0.4, 0.5) is 0 Å². The van der Waals surface area contributed by atoms with Crippen LogP contribution in [0.2, 0.25) is 0 Å². The molecular formula is C13H20O2. The van der Waals surface area contributed by atoms with Crippen molar-refractivity contribution in [1.29, 1.82) is 0 Å². The quantitative estimate of drug-likeness (QED) is 0.436. The number of hydrogen-bond acceptors (Lipinski definition) is 2. The third kappa shape index (κ3) is 5.01. The molecule has 1 atom stereocenters. The van der Waals surface area contributed by atoms with Gasteiger partial charge in [0.1, 0.15) is 6.61 Å². The largest absolute Gasteiger partial charge is 0.390 e. The van der Waals surface area contributed by atoms with Crippen LogP contribution in [0.3, 0.4) is 0 Å². The number of terminal acetylenes is 1. The molecule has 1 aliphatic rings. The first-order valence-corrected chi connectivity index (χ1v) is 5.65. The molecule has 2 heteroatoms. The Balaban J connectivity index is 2.29. The maximum absolute atomic E-state index is 10.3. The van der Waals surface area contributed by atoms with E-state index in [9.17, 15) is 5.11 Å². The van der Waals surface area contributed by atoms with Crippen LogP contribution in [0.15, 0.2) is 12.2 Å². The van der Waals surface area contributed by atoms with Crippen LogP contribution in [0, 0.1) is 12.3 Å². The van der Waals surface area contributed by atoms with Crippen LogP contribution >= 0.6 is 0 Å². The van der Waals surface area contributed by atoms with E-state index in [1.165, 1.54) is 0 Å². The summed E-state index contributed by atoms with van der Waals surface area (Å²) in [6.45, 7) is 0.903. The van der Waals surface area contributed by atoms with E-state index < -0.39 is 5.60 Å². The smallest absolute Gasteiger partial charge is 0.107 e. The van der Waals surface area contributed by atoms with Crippen LogP contribution in [0.25, 0.3) is 0 Å². The Morgan fingerprint density at radius 2 is 2.13 bits per heavy atom. The van der Waals surface area contributed by atoms with Gasteiger partial charge in [-0.25, -0.2) is 0 Å². The summed E-state index contributed by atoms with van der Waals surface area (Å²) in [6.07, 6.45) is 14.9. The van der Waals surface area contributed by atoms with Gasteiger partial charge in [0.2, 0.25) is 0 Å². The lowest BCUT2D eigenvalue weighted by atomic mass is 9.87. The molecule has 1 rings (SSSR count). The minimum absolute atomic E-state index is 0.343. The molecule has 0 aromatic heterocycles. The van der Waals surface area contributed by atoms with E-state index >= 15 is 0 Å². The molecule has 1 N–H and O–H groups in total. The molecule has 0 aliphatic heterocycles. The maximum Gasteiger partial charge on any atom is 0.107 e. The Labute approximate surface area is 92.3 Å². The van der Waals surface area contributed by atoms with Crippen LogP contribution in [0.1, 0.15) is 38.5 Å². The fourth-order valence-corrected chi connectivity index (χ4v) is 1.90. The van der Waals surface area contributed by atoms with Gasteiger partial charge in [-0.05, 0) is 38.5 Å². The van der Waals surface area contributed by atoms with Crippen molar-refractivity contribution in [1.82, 2.24) is 0 Å². The Kier molecular flexibility index (Phi) is 5.45. The van der Waals surface area contributed by atoms with Gasteiger partial charge in [0.25, 0.3) is 0 Å². The van der Waals surface area contributed by atoms with Gasteiger partial charge in [0.05, 0.1) is 12.2 Å². The fourth-order valence-electron chi connectivity index (χ4n) is 1.90. The Hall–Kier alpha value is -0.780. The molecule has 0 saturated carbocycles. The molecule has 0 bridgehead atoms. The lowest BCUT2D eigenvalue weighted by Crippen LogP contribution is -2.30. The molecule has 84 valence electrons. The Morgan fingerprint density at radius 1 is 1.33 bits per heavy atom. The number of allylic oxidation sites excluding steroid dienone is 2. The summed E-state index contributed by atoms with van der Waals surface area (Å²) in [5.41, 5.74) is -0.542. The number of ether oxygens (including phenoxy) is 1. The second-order valence-corrected chi connectivity index (χ2v) is 4.13. The van der Waals surface area contributed by atoms with E-state index in [0.717, 1.165) is 32.1 Å². The predicted molar refractivity (Wildman–Crippen MR) is 61.4 cm³/mol. The molecule has 0 aromatic carbocycles. The van der Waals surface area contributed by atoms with Crippen molar-refractivity contribution in [3.8, 4) is 12.3 Å². The molecule has 0 saturated heterocycles. The SMILES string of the molecule is C#CCOCCC1(O)CC/C=C\CCC1. The van der Waals surface area contributed by atoms with Gasteiger partial charge in [-0.2, -0.15) is 0 Å². The average Bonchev–Trinajstić information content (AvgIpc) is 2.20. The highest BCUT2D eigenvalue weighted by Gasteiger charge is 2.25. The van der Waals surface area contributed by atoms with Crippen LogP contribution in [-0.4, -0.2) is 23.9 Å². The summed E-state index contributed by atoms with van der Waals surface area (Å²) in [5.74, 6) is 2.43. The van der Waals surface area contributed by atoms with Crippen LogP contribution < -0.4 is 0 Å². The highest BCUT2D eigenvalue weighted by molar-refractivity contribution is 4.91. The number of rotatable bonds is 4. The van der Waals surface area contributed by atoms with E-state index in [0.29, 0.717) is 19.6 Å². The van der Waals surface area contributed by atoms with Gasteiger partial charge in [0.15, 0.2) is 0 Å². The minimum Gasteiger partial charge on any atom is -0.390 e. The summed E-state index contributed by atoms with van der Waals surface area (Å²) in [6, 6.07) is 0. The van der Waals surface area contributed by atoms with Crippen molar-refractivity contribution in [2.24, 2.45) is 0 Å². The molecule has 2 nitrogen and oxygen atoms in total. The summed E-state index contributed by atoms with van der Waals surface area (Å²) in [4.78, 5) is 0. The molecule has 0 spiro atoms. The second-order valence-electron chi connectivity index (χ2n) is 4.13. The summed E-state index contributed by atoms with van der Waals surface area (Å²) >= 11 is 0. The molecule has 1 aliphatic carbocycles. The Morgan fingerprint density at radius 3 is 2.93 bits per heavy atom. The van der Waals surface area contributed by atoms with Crippen LogP contribution in [-0.2, 0) is 4.74 Å². The first-order chi connectivity index (χ1) is 7.27. The summed E-state index contributed by atoms with van der Waals surface area (Å²) in [7, 11) is 0. The van der Waals surface area contributed by atoms with Crippen molar-refractivity contribution in [3.63, 3.8) is 0 Å². The molecule has 1 unspecified atom stereocenters. The van der Waals surface area contributed by atoms with E-state index in [-0.39, 0.29) is 0 Å². The van der Waals surface area contributed by atoms with Gasteiger partial charge in [0, 0.05) is 0 Å². The monoisotopic (exact) mass is 208 g/mol. The number of hydrogen-bond donors (Lipinski definition) is 1. The van der Waals surface area contributed by atoms with Crippen molar-refractivity contribution in [3.05, 3.63) is 12.2 Å². The molecule has 0 fully saturated rings. The zero-order valence-corrected chi connectivity index (χ0v) is 9.24. The minimum atomic E-state index is -0.542. The lowest BCUT2D eigenvalue weighted by Gasteiger charge is -2.28. The van der Waals surface area contributed by atoms with Crippen molar-refractivity contribution in [2.75, 3.05) is 13.2 Å². The third-order valence-electron chi connectivity index (χ3n) is 2.85. The topological polar surface area (TPSA) is 29.5 Å². The van der Waals surface area contributed by atoms with Crippen molar-refractivity contribution < 1.29 is 9.84 Å². The predicted octanol–water partition coefficient (Wildman–Crippen LogP) is 2.28. The second kappa shape index (κ2) is 6.66. The van der Waals surface area contributed by atoms with Gasteiger partial charge in [-0.15, -0.1) is 6.42 Å². The zero-order valence-electron chi connectivity index (χ0n) is 9.24. The third-order valence-corrected chi connectivity index (χ3v) is 2.85. The van der Waals surface area contributed by atoms with Gasteiger partial charge >= 0.3 is 0 Å². The molecule has 0 radical (unpaired) electrons. The normalized spacial score (nSPS) is 28.8. The van der Waals surface area contributed by atoms with Gasteiger partial charge < -0.3 is 9.84 Å². The standard InChI is InChI=1S/C13H20O2/c1-2-11-15-12-10-13(14)8-6-4-3-5-7-9-13/h1,3-4,14H,5-12H2/b4-3-. The Bertz CT molecular complexity index is 239. The summed E-state index contributed by atoms with van der Waals surface area (Å²) in [5, 5.41) is 10.3. The molecular weight excluding hydrogens is 188 g/mol. The van der Waals surface area contributed by atoms with Crippen molar-refractivity contribution >= 4 is 0 Å². The molecule has 0 heterocycles. The fraction of sp³-hybridized carbons (Fsp3) is 0.692. The summed E-state index contributed by atoms with van der Waals surface area (Å²) < 4.78 is 5.21. The van der Waals surface area contributed by atoms with E-state index in [1.807, 2.05) is 0 Å². The molecule has 0 aromatic rings. The lowest BCUT2D eigenvalue weighted by molar-refractivity contribution is -0.0107. The number of aliphatic hydroxyl groups is 1. The van der Waals surface area contributed by atoms with E-state index in [2.05, 4.69) is 18.1 Å². The van der Waals surface area contributed by atoms with Gasteiger partial charge in [-0.3, -0.25) is 0 Å². The average molecular weight is 208 g/mol. The van der Waals surface area contributed by atoms with Crippen molar-refractivity contribution in [2.45, 2.75) is 44.1 Å². The highest BCUT2D eigenvalue weighted by Crippen LogP contribution is 2.26. The van der Waals surface area contributed by atoms with E-state index in [1.54, 1.807) is 0 Å². The first kappa shape index (κ1) is 12.3. The first-order valence-electron chi connectivity index (χ1n) is 5.65. The molecule has 0 amide bonds. The molecule has 15 heavy (non-hydrogen) atoms. The van der Waals surface area contributed by atoms with Gasteiger partial charge in [-0.1, -0.05) is 18.1 Å². The maximum atomic E-state index is 10.3. The zero-order chi connectivity index (χ0) is 11.0.